The third-order valence-corrected chi connectivity index (χ3v) is 3.13. The second-order valence-electron chi connectivity index (χ2n) is 4.52. The molecule has 0 aliphatic carbocycles. The van der Waals surface area contributed by atoms with Crippen molar-refractivity contribution in [3.05, 3.63) is 24.1 Å². The fraction of sp³-hybridized carbons (Fsp3) is 0.538. The average Bonchev–Trinajstić information content (AvgIpc) is 2.39. The van der Waals surface area contributed by atoms with Crippen LogP contribution in [0.5, 0.6) is 0 Å². The Morgan fingerprint density at radius 3 is 3.17 bits per heavy atom. The fourth-order valence-corrected chi connectivity index (χ4v) is 2.21. The molecule has 1 atom stereocenters. The van der Waals surface area contributed by atoms with Gasteiger partial charge in [-0.2, -0.15) is 4.39 Å². The second kappa shape index (κ2) is 5.80. The summed E-state index contributed by atoms with van der Waals surface area (Å²) in [4.78, 5) is 17.3. The van der Waals surface area contributed by atoms with E-state index in [1.54, 1.807) is 12.1 Å². The smallest absolute Gasteiger partial charge is 0.219 e. The summed E-state index contributed by atoms with van der Waals surface area (Å²) < 4.78 is 13.1. The van der Waals surface area contributed by atoms with Crippen molar-refractivity contribution in [3.63, 3.8) is 0 Å². The maximum atomic E-state index is 13.1. The van der Waals surface area contributed by atoms with Gasteiger partial charge >= 0.3 is 0 Å². The molecule has 5 heteroatoms. The van der Waals surface area contributed by atoms with Gasteiger partial charge in [-0.05, 0) is 25.0 Å². The molecule has 0 saturated carbocycles. The third-order valence-electron chi connectivity index (χ3n) is 3.13. The second-order valence-corrected chi connectivity index (χ2v) is 4.52. The number of nitrogens with zero attached hydrogens (tertiary/aromatic N) is 2. The van der Waals surface area contributed by atoms with Gasteiger partial charge in [-0.1, -0.05) is 13.0 Å². The van der Waals surface area contributed by atoms with Gasteiger partial charge in [-0.3, -0.25) is 4.79 Å². The summed E-state index contributed by atoms with van der Waals surface area (Å²) in [6.07, 6.45) is 2.44. The lowest BCUT2D eigenvalue weighted by molar-refractivity contribution is -0.121. The zero-order valence-corrected chi connectivity index (χ0v) is 10.5. The van der Waals surface area contributed by atoms with Gasteiger partial charge in [0.25, 0.3) is 0 Å². The number of hydrogen-bond donors (Lipinski definition) is 1. The molecule has 1 amide bonds. The highest BCUT2D eigenvalue weighted by molar-refractivity contribution is 5.75. The normalized spacial score (nSPS) is 19.7. The molecule has 1 aliphatic rings. The van der Waals surface area contributed by atoms with Crippen LogP contribution in [-0.4, -0.2) is 30.0 Å². The van der Waals surface area contributed by atoms with Crippen molar-refractivity contribution in [3.8, 4) is 0 Å². The zero-order valence-electron chi connectivity index (χ0n) is 10.5. The molecule has 1 fully saturated rings. The highest BCUT2D eigenvalue weighted by Crippen LogP contribution is 2.18. The van der Waals surface area contributed by atoms with Crippen LogP contribution in [0, 0.1) is 5.95 Å². The Morgan fingerprint density at radius 2 is 2.44 bits per heavy atom. The quantitative estimate of drug-likeness (QED) is 0.832. The first kappa shape index (κ1) is 12.8. The van der Waals surface area contributed by atoms with Crippen LogP contribution in [0.25, 0.3) is 0 Å². The summed E-state index contributed by atoms with van der Waals surface area (Å²) in [5.74, 6) is 0.242. The van der Waals surface area contributed by atoms with Crippen LogP contribution in [0.2, 0.25) is 0 Å². The summed E-state index contributed by atoms with van der Waals surface area (Å²) >= 11 is 0. The Labute approximate surface area is 106 Å². The van der Waals surface area contributed by atoms with Gasteiger partial charge in [0, 0.05) is 25.6 Å². The van der Waals surface area contributed by atoms with E-state index in [1.807, 2.05) is 11.8 Å². The van der Waals surface area contributed by atoms with Crippen LogP contribution in [0.4, 0.5) is 10.2 Å². The number of aromatic nitrogens is 1. The van der Waals surface area contributed by atoms with Gasteiger partial charge in [0.05, 0.1) is 0 Å². The van der Waals surface area contributed by atoms with Crippen LogP contribution in [0.15, 0.2) is 18.2 Å². The first-order valence-corrected chi connectivity index (χ1v) is 6.36. The van der Waals surface area contributed by atoms with Crippen LogP contribution in [0.1, 0.15) is 26.2 Å². The summed E-state index contributed by atoms with van der Waals surface area (Å²) in [7, 11) is 0. The Bertz CT molecular complexity index is 424. The highest BCUT2D eigenvalue weighted by atomic mass is 19.1. The number of piperidine rings is 1. The number of amides is 1. The lowest BCUT2D eigenvalue weighted by Crippen LogP contribution is -2.47. The van der Waals surface area contributed by atoms with Gasteiger partial charge in [-0.15, -0.1) is 0 Å². The lowest BCUT2D eigenvalue weighted by atomic mass is 10.1. The largest absolute Gasteiger partial charge is 0.354 e. The molecule has 1 aromatic heterocycles. The summed E-state index contributed by atoms with van der Waals surface area (Å²) in [5.41, 5.74) is 0. The van der Waals surface area contributed by atoms with Crippen molar-refractivity contribution in [2.75, 3.05) is 18.0 Å². The maximum absolute atomic E-state index is 13.1. The number of halogens is 1. The molecule has 1 N–H and O–H groups in total. The third kappa shape index (κ3) is 3.18. The number of rotatable bonds is 3. The molecule has 2 rings (SSSR count). The average molecular weight is 251 g/mol. The van der Waals surface area contributed by atoms with Crippen LogP contribution < -0.4 is 10.2 Å². The molecular weight excluding hydrogens is 233 g/mol. The van der Waals surface area contributed by atoms with Gasteiger partial charge in [0.2, 0.25) is 11.9 Å². The van der Waals surface area contributed by atoms with Crippen LogP contribution in [0.3, 0.4) is 0 Å². The first-order valence-electron chi connectivity index (χ1n) is 6.36. The lowest BCUT2D eigenvalue weighted by Gasteiger charge is -2.33. The van der Waals surface area contributed by atoms with Crippen LogP contribution in [-0.2, 0) is 4.79 Å². The number of hydrogen-bond acceptors (Lipinski definition) is 3. The van der Waals surface area contributed by atoms with E-state index in [-0.39, 0.29) is 11.9 Å². The van der Waals surface area contributed by atoms with E-state index in [4.69, 9.17) is 0 Å². The molecule has 1 saturated heterocycles. The maximum Gasteiger partial charge on any atom is 0.219 e. The number of carbonyl (C=O) groups is 1. The zero-order chi connectivity index (χ0) is 13.0. The molecule has 0 bridgehead atoms. The van der Waals surface area contributed by atoms with E-state index in [0.717, 1.165) is 19.4 Å². The van der Waals surface area contributed by atoms with E-state index < -0.39 is 5.95 Å². The van der Waals surface area contributed by atoms with Crippen molar-refractivity contribution in [2.45, 2.75) is 32.2 Å². The Morgan fingerprint density at radius 1 is 1.61 bits per heavy atom. The van der Waals surface area contributed by atoms with E-state index in [2.05, 4.69) is 10.3 Å². The molecule has 1 aromatic rings. The summed E-state index contributed by atoms with van der Waals surface area (Å²) in [6.45, 7) is 3.39. The predicted molar refractivity (Wildman–Crippen MR) is 67.9 cm³/mol. The highest BCUT2D eigenvalue weighted by Gasteiger charge is 2.21. The van der Waals surface area contributed by atoms with E-state index in [0.29, 0.717) is 18.8 Å². The molecule has 0 spiro atoms. The topological polar surface area (TPSA) is 45.2 Å². The van der Waals surface area contributed by atoms with Gasteiger partial charge in [-0.25, -0.2) is 4.98 Å². The Hall–Kier alpha value is -1.65. The number of nitrogens with one attached hydrogen (secondary N) is 1. The van der Waals surface area contributed by atoms with E-state index >= 15 is 0 Å². The minimum Gasteiger partial charge on any atom is -0.354 e. The monoisotopic (exact) mass is 251 g/mol. The van der Waals surface area contributed by atoms with Gasteiger partial charge in [0.15, 0.2) is 0 Å². The van der Waals surface area contributed by atoms with Gasteiger partial charge in [0.1, 0.15) is 5.82 Å². The molecule has 1 aliphatic heterocycles. The molecule has 1 unspecified atom stereocenters. The number of anilines is 1. The summed E-state index contributed by atoms with van der Waals surface area (Å²) in [6, 6.07) is 4.93. The van der Waals surface area contributed by atoms with Crippen molar-refractivity contribution < 1.29 is 9.18 Å². The molecule has 2 heterocycles. The molecule has 0 radical (unpaired) electrons. The standard InChI is InChI=1S/C13H18FN3O/c1-2-13(18)15-10-5-4-8-17(9-10)12-7-3-6-11(14)16-12/h3,6-7,10H,2,4-5,8-9H2,1H3,(H,15,18). The Kier molecular flexibility index (Phi) is 4.12. The molecule has 18 heavy (non-hydrogen) atoms. The van der Waals surface area contributed by atoms with Crippen molar-refractivity contribution >= 4 is 11.7 Å². The molecule has 0 aromatic carbocycles. The van der Waals surface area contributed by atoms with Gasteiger partial charge < -0.3 is 10.2 Å². The van der Waals surface area contributed by atoms with Crippen molar-refractivity contribution in [2.24, 2.45) is 0 Å². The predicted octanol–water partition coefficient (Wildman–Crippen LogP) is 1.72. The van der Waals surface area contributed by atoms with Crippen LogP contribution >= 0.6 is 0 Å². The molecule has 4 nitrogen and oxygen atoms in total. The SMILES string of the molecule is CCC(=O)NC1CCCN(c2cccc(F)n2)C1. The molecule has 98 valence electrons. The van der Waals surface area contributed by atoms with E-state index in [1.165, 1.54) is 6.07 Å². The number of pyridine rings is 1. The first-order chi connectivity index (χ1) is 8.69. The minimum atomic E-state index is -0.466. The fourth-order valence-electron chi connectivity index (χ4n) is 2.21. The van der Waals surface area contributed by atoms with E-state index in [9.17, 15) is 9.18 Å². The van der Waals surface area contributed by atoms with Crippen molar-refractivity contribution in [1.29, 1.82) is 0 Å². The molecular formula is C13H18FN3O. The number of carbonyl (C=O) groups excluding carboxylic acids is 1. The Balaban J connectivity index is 2.00. The minimum absolute atomic E-state index is 0.0639. The summed E-state index contributed by atoms with van der Waals surface area (Å²) in [5, 5.41) is 2.98. The van der Waals surface area contributed by atoms with Crippen molar-refractivity contribution in [1.82, 2.24) is 10.3 Å².